The molecule has 116 valence electrons. The van der Waals surface area contributed by atoms with Crippen molar-refractivity contribution in [1.29, 1.82) is 5.26 Å². The lowest BCUT2D eigenvalue weighted by Gasteiger charge is -2.07. The average Bonchev–Trinajstić information content (AvgIpc) is 2.54. The number of hydrogen-bond acceptors (Lipinski definition) is 3. The molecule has 0 aliphatic carbocycles. The molecule has 0 unspecified atom stereocenters. The second-order valence-electron chi connectivity index (χ2n) is 4.88. The highest BCUT2D eigenvalue weighted by Gasteiger charge is 2.11. The third kappa shape index (κ3) is 4.35. The average molecular weight is 327 g/mol. The molecule has 0 bridgehead atoms. The minimum Gasteiger partial charge on any atom is -0.496 e. The second-order valence-corrected chi connectivity index (χ2v) is 5.31. The predicted molar refractivity (Wildman–Crippen MR) is 91.4 cm³/mol. The van der Waals surface area contributed by atoms with E-state index >= 15 is 0 Å². The number of benzene rings is 2. The van der Waals surface area contributed by atoms with Crippen LogP contribution in [-0.2, 0) is 4.79 Å². The molecule has 0 aliphatic heterocycles. The molecule has 0 heterocycles. The summed E-state index contributed by atoms with van der Waals surface area (Å²) < 4.78 is 5.21. The minimum atomic E-state index is -0.488. The van der Waals surface area contributed by atoms with Crippen LogP contribution in [0, 0.1) is 18.3 Å². The van der Waals surface area contributed by atoms with Gasteiger partial charge in [0.25, 0.3) is 5.91 Å². The smallest absolute Gasteiger partial charge is 0.266 e. The molecule has 2 aromatic rings. The zero-order valence-electron chi connectivity index (χ0n) is 12.8. The van der Waals surface area contributed by atoms with Gasteiger partial charge in [0.05, 0.1) is 7.11 Å². The van der Waals surface area contributed by atoms with Gasteiger partial charge in [0.2, 0.25) is 0 Å². The molecule has 0 atom stereocenters. The molecule has 4 nitrogen and oxygen atoms in total. The second kappa shape index (κ2) is 7.48. The van der Waals surface area contributed by atoms with Crippen molar-refractivity contribution < 1.29 is 9.53 Å². The molecule has 2 rings (SSSR count). The van der Waals surface area contributed by atoms with Gasteiger partial charge in [0.15, 0.2) is 0 Å². The highest BCUT2D eigenvalue weighted by Crippen LogP contribution is 2.25. The van der Waals surface area contributed by atoms with E-state index in [4.69, 9.17) is 16.3 Å². The summed E-state index contributed by atoms with van der Waals surface area (Å²) in [7, 11) is 1.51. The fourth-order valence-electron chi connectivity index (χ4n) is 1.96. The van der Waals surface area contributed by atoms with Gasteiger partial charge >= 0.3 is 0 Å². The van der Waals surface area contributed by atoms with Crippen LogP contribution >= 0.6 is 11.6 Å². The number of rotatable bonds is 4. The number of halogens is 1. The molecular formula is C18H15ClN2O2. The van der Waals surface area contributed by atoms with Crippen molar-refractivity contribution in [2.75, 3.05) is 12.4 Å². The van der Waals surface area contributed by atoms with Gasteiger partial charge in [0.1, 0.15) is 17.4 Å². The van der Waals surface area contributed by atoms with Gasteiger partial charge in [-0.05, 0) is 43.3 Å². The van der Waals surface area contributed by atoms with Crippen LogP contribution in [0.1, 0.15) is 11.1 Å². The molecule has 0 radical (unpaired) electrons. The maximum Gasteiger partial charge on any atom is 0.266 e. The molecule has 0 aliphatic rings. The van der Waals surface area contributed by atoms with Crippen molar-refractivity contribution in [3.8, 4) is 11.8 Å². The Kier molecular flexibility index (Phi) is 5.40. The van der Waals surface area contributed by atoms with Crippen molar-refractivity contribution in [2.45, 2.75) is 6.92 Å². The molecule has 0 fully saturated rings. The number of anilines is 1. The van der Waals surface area contributed by atoms with Crippen molar-refractivity contribution in [3.05, 3.63) is 64.2 Å². The molecule has 1 amide bonds. The van der Waals surface area contributed by atoms with E-state index in [1.165, 1.54) is 13.2 Å². The molecule has 0 aromatic heterocycles. The molecular weight excluding hydrogens is 312 g/mol. The number of carbonyl (C=O) groups is 1. The van der Waals surface area contributed by atoms with Gasteiger partial charge in [-0.15, -0.1) is 0 Å². The van der Waals surface area contributed by atoms with Gasteiger partial charge in [0, 0.05) is 16.3 Å². The number of nitrogens with one attached hydrogen (secondary N) is 1. The summed E-state index contributed by atoms with van der Waals surface area (Å²) in [5.74, 6) is 0.0451. The van der Waals surface area contributed by atoms with E-state index in [9.17, 15) is 10.1 Å². The Morgan fingerprint density at radius 1 is 1.26 bits per heavy atom. The standard InChI is InChI=1S/C18H15ClN2O2/c1-12-3-6-16(7-4-12)21-18(22)14(11-20)9-13-10-15(19)5-8-17(13)23-2/h3-10H,1-2H3,(H,21,22)/b14-9+. The Balaban J connectivity index is 2.28. The van der Waals surface area contributed by atoms with Gasteiger partial charge in [-0.25, -0.2) is 0 Å². The number of amides is 1. The molecule has 2 aromatic carbocycles. The summed E-state index contributed by atoms with van der Waals surface area (Å²) in [6.07, 6.45) is 1.45. The minimum absolute atomic E-state index is 0.0360. The first-order chi connectivity index (χ1) is 11.0. The Labute approximate surface area is 140 Å². The zero-order valence-corrected chi connectivity index (χ0v) is 13.5. The van der Waals surface area contributed by atoms with E-state index in [1.54, 1.807) is 30.3 Å². The Hall–Kier alpha value is -2.77. The van der Waals surface area contributed by atoms with Gasteiger partial charge in [-0.1, -0.05) is 29.3 Å². The van der Waals surface area contributed by atoms with Crippen molar-refractivity contribution in [1.82, 2.24) is 0 Å². The van der Waals surface area contributed by atoms with E-state index in [-0.39, 0.29) is 5.57 Å². The number of nitrogens with zero attached hydrogens (tertiary/aromatic N) is 1. The first-order valence-electron chi connectivity index (χ1n) is 6.87. The fourth-order valence-corrected chi connectivity index (χ4v) is 2.14. The fraction of sp³-hybridized carbons (Fsp3) is 0.111. The number of nitriles is 1. The predicted octanol–water partition coefficient (Wildman–Crippen LogP) is 4.20. The molecule has 1 N–H and O–H groups in total. The largest absolute Gasteiger partial charge is 0.496 e. The summed E-state index contributed by atoms with van der Waals surface area (Å²) in [5.41, 5.74) is 2.24. The van der Waals surface area contributed by atoms with E-state index in [2.05, 4.69) is 5.32 Å². The number of aryl methyl sites for hydroxylation is 1. The topological polar surface area (TPSA) is 62.1 Å². The summed E-state index contributed by atoms with van der Waals surface area (Å²) in [6.45, 7) is 1.96. The maximum absolute atomic E-state index is 12.2. The van der Waals surface area contributed by atoms with Crippen LogP contribution < -0.4 is 10.1 Å². The first kappa shape index (κ1) is 16.6. The highest BCUT2D eigenvalue weighted by molar-refractivity contribution is 6.30. The van der Waals surface area contributed by atoms with Crippen LogP contribution in [0.3, 0.4) is 0 Å². The number of hydrogen-bond donors (Lipinski definition) is 1. The summed E-state index contributed by atoms with van der Waals surface area (Å²) in [4.78, 5) is 12.2. The van der Waals surface area contributed by atoms with E-state index in [0.717, 1.165) is 5.56 Å². The van der Waals surface area contributed by atoms with Crippen molar-refractivity contribution in [3.63, 3.8) is 0 Å². The lowest BCUT2D eigenvalue weighted by molar-refractivity contribution is -0.112. The Morgan fingerprint density at radius 2 is 1.96 bits per heavy atom. The maximum atomic E-state index is 12.2. The van der Waals surface area contributed by atoms with E-state index in [0.29, 0.717) is 22.0 Å². The molecule has 0 spiro atoms. The summed E-state index contributed by atoms with van der Waals surface area (Å²) in [6, 6.07) is 14.2. The van der Waals surface area contributed by atoms with Crippen LogP contribution in [0.15, 0.2) is 48.0 Å². The van der Waals surface area contributed by atoms with Crippen LogP contribution in [0.2, 0.25) is 5.02 Å². The SMILES string of the molecule is COc1ccc(Cl)cc1/C=C(\C#N)C(=O)Nc1ccc(C)cc1. The molecule has 0 saturated carbocycles. The Bertz CT molecular complexity index is 790. The molecule has 5 heteroatoms. The van der Waals surface area contributed by atoms with Crippen molar-refractivity contribution in [2.24, 2.45) is 0 Å². The lowest BCUT2D eigenvalue weighted by atomic mass is 10.1. The summed E-state index contributed by atoms with van der Waals surface area (Å²) >= 11 is 5.96. The highest BCUT2D eigenvalue weighted by atomic mass is 35.5. The number of ether oxygens (including phenoxy) is 1. The zero-order chi connectivity index (χ0) is 16.8. The quantitative estimate of drug-likeness (QED) is 0.676. The number of carbonyl (C=O) groups excluding carboxylic acids is 1. The van der Waals surface area contributed by atoms with Crippen LogP contribution in [-0.4, -0.2) is 13.0 Å². The first-order valence-corrected chi connectivity index (χ1v) is 7.24. The van der Waals surface area contributed by atoms with E-state index in [1.807, 2.05) is 25.1 Å². The third-order valence-corrected chi connectivity index (χ3v) is 3.40. The Morgan fingerprint density at radius 3 is 2.57 bits per heavy atom. The normalized spacial score (nSPS) is 10.8. The van der Waals surface area contributed by atoms with E-state index < -0.39 is 5.91 Å². The van der Waals surface area contributed by atoms with Crippen LogP contribution in [0.5, 0.6) is 5.75 Å². The van der Waals surface area contributed by atoms with Gasteiger partial charge in [-0.3, -0.25) is 4.79 Å². The van der Waals surface area contributed by atoms with Gasteiger partial charge < -0.3 is 10.1 Å². The molecule has 23 heavy (non-hydrogen) atoms. The molecule has 0 saturated heterocycles. The monoisotopic (exact) mass is 326 g/mol. The van der Waals surface area contributed by atoms with Crippen molar-refractivity contribution >= 4 is 29.3 Å². The summed E-state index contributed by atoms with van der Waals surface area (Å²) in [5, 5.41) is 12.4. The third-order valence-electron chi connectivity index (χ3n) is 3.17. The number of methoxy groups -OCH3 is 1. The lowest BCUT2D eigenvalue weighted by Crippen LogP contribution is -2.13. The van der Waals surface area contributed by atoms with Crippen LogP contribution in [0.25, 0.3) is 6.08 Å². The van der Waals surface area contributed by atoms with Gasteiger partial charge in [-0.2, -0.15) is 5.26 Å². The van der Waals surface area contributed by atoms with Crippen LogP contribution in [0.4, 0.5) is 5.69 Å².